The van der Waals surface area contributed by atoms with Crippen LogP contribution in [0.3, 0.4) is 0 Å². The van der Waals surface area contributed by atoms with E-state index in [0.717, 1.165) is 10.2 Å². The third kappa shape index (κ3) is 2.42. The summed E-state index contributed by atoms with van der Waals surface area (Å²) in [5.41, 5.74) is 5.88. The van der Waals surface area contributed by atoms with Crippen molar-refractivity contribution in [2.24, 2.45) is 5.84 Å². The van der Waals surface area contributed by atoms with Crippen LogP contribution in [0.15, 0.2) is 36.1 Å². The molecule has 7 nitrogen and oxygen atoms in total. The van der Waals surface area contributed by atoms with E-state index in [1.165, 1.54) is 23.7 Å². The predicted molar refractivity (Wildman–Crippen MR) is 77.4 cm³/mol. The molecule has 3 rings (SSSR count). The van der Waals surface area contributed by atoms with Crippen LogP contribution in [0.25, 0.3) is 10.2 Å². The van der Waals surface area contributed by atoms with Gasteiger partial charge in [-0.25, -0.2) is 15.8 Å². The van der Waals surface area contributed by atoms with E-state index >= 15 is 0 Å². The molecule has 0 atom stereocenters. The van der Waals surface area contributed by atoms with Crippen molar-refractivity contribution in [2.45, 2.75) is 0 Å². The van der Waals surface area contributed by atoms with Crippen LogP contribution >= 0.6 is 11.3 Å². The monoisotopic (exact) mass is 286 g/mol. The van der Waals surface area contributed by atoms with E-state index in [0.29, 0.717) is 11.5 Å². The van der Waals surface area contributed by atoms with E-state index in [2.05, 4.69) is 25.7 Å². The van der Waals surface area contributed by atoms with Crippen molar-refractivity contribution in [3.8, 4) is 0 Å². The molecule has 1 amide bonds. The van der Waals surface area contributed by atoms with Crippen LogP contribution < -0.4 is 16.6 Å². The van der Waals surface area contributed by atoms with E-state index in [9.17, 15) is 4.79 Å². The number of hydrogen-bond acceptors (Lipinski definition) is 7. The molecule has 8 heteroatoms. The number of amides is 1. The highest BCUT2D eigenvalue weighted by Gasteiger charge is 2.09. The van der Waals surface area contributed by atoms with Crippen molar-refractivity contribution in [1.82, 2.24) is 15.0 Å². The number of nitrogens with one attached hydrogen (secondary N) is 2. The second kappa shape index (κ2) is 5.19. The lowest BCUT2D eigenvalue weighted by Gasteiger charge is -2.05. The van der Waals surface area contributed by atoms with Crippen LogP contribution in [0, 0.1) is 0 Å². The molecule has 2 aromatic heterocycles. The number of nitrogen functional groups attached to an aromatic ring is 1. The van der Waals surface area contributed by atoms with Gasteiger partial charge in [0.2, 0.25) is 0 Å². The molecule has 0 aliphatic rings. The summed E-state index contributed by atoms with van der Waals surface area (Å²) in [5.74, 6) is 5.21. The predicted octanol–water partition coefficient (Wildman–Crippen LogP) is 1.62. The molecule has 2 heterocycles. The first-order valence-corrected chi connectivity index (χ1v) is 6.57. The third-order valence-corrected chi connectivity index (χ3v) is 3.40. The Morgan fingerprint density at radius 3 is 3.05 bits per heavy atom. The van der Waals surface area contributed by atoms with Gasteiger partial charge in [-0.2, -0.15) is 0 Å². The summed E-state index contributed by atoms with van der Waals surface area (Å²) in [6.07, 6.45) is 2.81. The molecule has 0 saturated carbocycles. The van der Waals surface area contributed by atoms with E-state index in [1.807, 2.05) is 12.1 Å². The topological polar surface area (TPSA) is 106 Å². The maximum absolute atomic E-state index is 12.1. The van der Waals surface area contributed by atoms with Gasteiger partial charge in [0, 0.05) is 5.69 Å². The van der Waals surface area contributed by atoms with Crippen molar-refractivity contribution in [3.05, 3.63) is 41.8 Å². The molecule has 100 valence electrons. The smallest absolute Gasteiger partial charge is 0.275 e. The maximum Gasteiger partial charge on any atom is 0.275 e. The summed E-state index contributed by atoms with van der Waals surface area (Å²) < 4.78 is 1.01. The number of benzene rings is 1. The fourth-order valence-corrected chi connectivity index (χ4v) is 2.39. The highest BCUT2D eigenvalue weighted by Crippen LogP contribution is 2.22. The Balaban J connectivity index is 1.83. The zero-order valence-corrected chi connectivity index (χ0v) is 11.0. The fraction of sp³-hybridized carbons (Fsp3) is 0. The number of fused-ring (bicyclic) bond motifs is 1. The Labute approximate surface area is 117 Å². The van der Waals surface area contributed by atoms with Crippen LogP contribution in [0.1, 0.15) is 10.5 Å². The van der Waals surface area contributed by atoms with Crippen molar-refractivity contribution in [1.29, 1.82) is 0 Å². The SMILES string of the molecule is NNc1cncc(C(=O)Nc2ccc3ncsc3c2)n1. The van der Waals surface area contributed by atoms with Gasteiger partial charge in [0.15, 0.2) is 5.82 Å². The average Bonchev–Trinajstić information content (AvgIpc) is 2.95. The van der Waals surface area contributed by atoms with Gasteiger partial charge in [-0.1, -0.05) is 0 Å². The highest BCUT2D eigenvalue weighted by atomic mass is 32.1. The second-order valence-electron chi connectivity index (χ2n) is 3.92. The number of nitrogens with zero attached hydrogens (tertiary/aromatic N) is 3. The summed E-state index contributed by atoms with van der Waals surface area (Å²) in [7, 11) is 0. The first-order chi connectivity index (χ1) is 9.76. The van der Waals surface area contributed by atoms with Gasteiger partial charge < -0.3 is 10.7 Å². The minimum Gasteiger partial charge on any atom is -0.321 e. The number of carbonyl (C=O) groups excluding carboxylic acids is 1. The molecule has 0 saturated heterocycles. The van der Waals surface area contributed by atoms with E-state index in [1.54, 1.807) is 11.6 Å². The molecular formula is C12H10N6OS. The van der Waals surface area contributed by atoms with Gasteiger partial charge in [0.1, 0.15) is 5.69 Å². The van der Waals surface area contributed by atoms with Gasteiger partial charge in [0.25, 0.3) is 5.91 Å². The van der Waals surface area contributed by atoms with Crippen molar-refractivity contribution in [2.75, 3.05) is 10.7 Å². The average molecular weight is 286 g/mol. The number of hydrazine groups is 1. The summed E-state index contributed by atoms with van der Waals surface area (Å²) in [4.78, 5) is 24.1. The van der Waals surface area contributed by atoms with Gasteiger partial charge in [-0.3, -0.25) is 9.78 Å². The standard InChI is InChI=1S/C12H10N6OS/c13-18-11-5-14-4-9(17-11)12(19)16-7-1-2-8-10(3-7)20-6-15-8/h1-6H,13H2,(H,16,19)(H,17,18). The quantitative estimate of drug-likeness (QED) is 0.499. The maximum atomic E-state index is 12.1. The van der Waals surface area contributed by atoms with Crippen molar-refractivity contribution < 1.29 is 4.79 Å². The molecule has 0 aliphatic heterocycles. The molecule has 20 heavy (non-hydrogen) atoms. The Hall–Kier alpha value is -2.58. The minimum atomic E-state index is -0.349. The molecule has 0 radical (unpaired) electrons. The third-order valence-electron chi connectivity index (χ3n) is 2.60. The Morgan fingerprint density at radius 1 is 1.30 bits per heavy atom. The summed E-state index contributed by atoms with van der Waals surface area (Å²) >= 11 is 1.51. The van der Waals surface area contributed by atoms with Gasteiger partial charge in [-0.15, -0.1) is 11.3 Å². The van der Waals surface area contributed by atoms with Gasteiger partial charge in [-0.05, 0) is 18.2 Å². The number of anilines is 2. The molecule has 0 unspecified atom stereocenters. The molecule has 3 aromatic rings. The van der Waals surface area contributed by atoms with Crippen LogP contribution in [-0.2, 0) is 0 Å². The highest BCUT2D eigenvalue weighted by molar-refractivity contribution is 7.16. The van der Waals surface area contributed by atoms with Crippen molar-refractivity contribution >= 4 is 39.0 Å². The zero-order valence-electron chi connectivity index (χ0n) is 10.2. The normalized spacial score (nSPS) is 10.4. The number of aromatic nitrogens is 3. The number of hydrogen-bond donors (Lipinski definition) is 3. The van der Waals surface area contributed by atoms with Crippen LogP contribution in [-0.4, -0.2) is 20.9 Å². The first-order valence-electron chi connectivity index (χ1n) is 5.69. The Bertz CT molecular complexity index is 771. The number of nitrogens with two attached hydrogens (primary N) is 1. The lowest BCUT2D eigenvalue weighted by molar-refractivity contribution is 0.102. The van der Waals surface area contributed by atoms with Gasteiger partial charge >= 0.3 is 0 Å². The number of carbonyl (C=O) groups is 1. The summed E-state index contributed by atoms with van der Waals surface area (Å²) in [6.45, 7) is 0. The van der Waals surface area contributed by atoms with Crippen LogP contribution in [0.2, 0.25) is 0 Å². The molecule has 4 N–H and O–H groups in total. The van der Waals surface area contributed by atoms with Crippen LogP contribution in [0.5, 0.6) is 0 Å². The molecule has 1 aromatic carbocycles. The van der Waals surface area contributed by atoms with E-state index in [4.69, 9.17) is 5.84 Å². The lowest BCUT2D eigenvalue weighted by atomic mass is 10.3. The first kappa shape index (κ1) is 12.5. The number of thiazole rings is 1. The molecule has 0 aliphatic carbocycles. The van der Waals surface area contributed by atoms with Gasteiger partial charge in [0.05, 0.1) is 28.1 Å². The second-order valence-corrected chi connectivity index (χ2v) is 4.81. The van der Waals surface area contributed by atoms with Crippen molar-refractivity contribution in [3.63, 3.8) is 0 Å². The zero-order chi connectivity index (χ0) is 13.9. The molecule has 0 fully saturated rings. The Kier molecular flexibility index (Phi) is 3.23. The lowest BCUT2D eigenvalue weighted by Crippen LogP contribution is -2.16. The molecule has 0 bridgehead atoms. The van der Waals surface area contributed by atoms with E-state index < -0.39 is 0 Å². The molecular weight excluding hydrogens is 276 g/mol. The largest absolute Gasteiger partial charge is 0.321 e. The van der Waals surface area contributed by atoms with E-state index in [-0.39, 0.29) is 11.6 Å². The minimum absolute atomic E-state index is 0.185. The Morgan fingerprint density at radius 2 is 2.20 bits per heavy atom. The van der Waals surface area contributed by atoms with Crippen LogP contribution in [0.4, 0.5) is 11.5 Å². The number of rotatable bonds is 3. The summed E-state index contributed by atoms with van der Waals surface area (Å²) in [5, 5.41) is 2.76. The summed E-state index contributed by atoms with van der Waals surface area (Å²) in [6, 6.07) is 5.51. The molecule has 0 spiro atoms. The fourth-order valence-electron chi connectivity index (χ4n) is 1.67.